The summed E-state index contributed by atoms with van der Waals surface area (Å²) in [4.78, 5) is 10.8. The second-order valence-corrected chi connectivity index (χ2v) is 5.95. The van der Waals surface area contributed by atoms with E-state index in [-0.39, 0.29) is 10.6 Å². The van der Waals surface area contributed by atoms with Gasteiger partial charge < -0.3 is 5.32 Å². The van der Waals surface area contributed by atoms with Gasteiger partial charge in [-0.3, -0.25) is 10.1 Å². The summed E-state index contributed by atoms with van der Waals surface area (Å²) in [6, 6.07) is 5.34. The fourth-order valence-corrected chi connectivity index (χ4v) is 3.04. The predicted octanol–water partition coefficient (Wildman–Crippen LogP) is 4.31. The van der Waals surface area contributed by atoms with Crippen molar-refractivity contribution in [3.8, 4) is 0 Å². The Morgan fingerprint density at radius 3 is 2.80 bits per heavy atom. The second kappa shape index (κ2) is 6.07. The van der Waals surface area contributed by atoms with Gasteiger partial charge in [0.25, 0.3) is 5.69 Å². The molecule has 0 bridgehead atoms. The Morgan fingerprint density at radius 1 is 1.40 bits per heavy atom. The zero-order valence-electron chi connectivity index (χ0n) is 12.3. The number of allylic oxidation sites excluding steroid dienone is 2. The molecule has 0 amide bonds. The van der Waals surface area contributed by atoms with Gasteiger partial charge in [0.2, 0.25) is 0 Å². The number of nitrogens with zero attached hydrogens (tertiary/aromatic N) is 1. The molecule has 0 aromatic heterocycles. The second-order valence-electron chi connectivity index (χ2n) is 5.95. The molecule has 2 atom stereocenters. The van der Waals surface area contributed by atoms with Crippen molar-refractivity contribution < 1.29 is 4.92 Å². The van der Waals surface area contributed by atoms with E-state index >= 15 is 0 Å². The number of anilines is 1. The van der Waals surface area contributed by atoms with Crippen LogP contribution in [-0.2, 0) is 0 Å². The largest absolute Gasteiger partial charge is 0.379 e. The van der Waals surface area contributed by atoms with E-state index in [4.69, 9.17) is 0 Å². The van der Waals surface area contributed by atoms with Gasteiger partial charge in [0.1, 0.15) is 5.69 Å². The van der Waals surface area contributed by atoms with E-state index in [0.717, 1.165) is 24.9 Å². The Hall–Kier alpha value is -1.84. The Kier molecular flexibility index (Phi) is 4.42. The van der Waals surface area contributed by atoms with Crippen LogP contribution in [0.15, 0.2) is 29.8 Å². The van der Waals surface area contributed by atoms with E-state index in [9.17, 15) is 10.1 Å². The Balaban J connectivity index is 2.04. The molecule has 2 unspecified atom stereocenters. The number of nitro benzene ring substituents is 1. The van der Waals surface area contributed by atoms with Crippen molar-refractivity contribution in [3.05, 3.63) is 45.5 Å². The van der Waals surface area contributed by atoms with Gasteiger partial charge in [-0.1, -0.05) is 24.6 Å². The number of nitro groups is 1. The fourth-order valence-electron chi connectivity index (χ4n) is 3.04. The van der Waals surface area contributed by atoms with Crippen LogP contribution < -0.4 is 5.32 Å². The lowest BCUT2D eigenvalue weighted by atomic mass is 9.83. The molecule has 20 heavy (non-hydrogen) atoms. The van der Waals surface area contributed by atoms with E-state index in [1.807, 2.05) is 19.1 Å². The van der Waals surface area contributed by atoms with E-state index in [0.29, 0.717) is 17.5 Å². The predicted molar refractivity (Wildman–Crippen MR) is 82.0 cm³/mol. The van der Waals surface area contributed by atoms with Crippen molar-refractivity contribution in [1.82, 2.24) is 0 Å². The molecule has 1 N–H and O–H groups in total. The molecule has 0 aliphatic heterocycles. The van der Waals surface area contributed by atoms with Crippen LogP contribution in [0.1, 0.15) is 32.3 Å². The Labute approximate surface area is 120 Å². The highest BCUT2D eigenvalue weighted by Crippen LogP contribution is 2.30. The molecule has 0 fully saturated rings. The van der Waals surface area contributed by atoms with Crippen molar-refractivity contribution >= 4 is 11.4 Å². The first-order valence-corrected chi connectivity index (χ1v) is 7.12. The molecule has 0 saturated heterocycles. The Bertz CT molecular complexity index is 537. The van der Waals surface area contributed by atoms with Gasteiger partial charge in [0.15, 0.2) is 0 Å². The summed E-state index contributed by atoms with van der Waals surface area (Å²) in [7, 11) is 0. The monoisotopic (exact) mass is 274 g/mol. The molecule has 0 spiro atoms. The van der Waals surface area contributed by atoms with Crippen LogP contribution >= 0.6 is 0 Å². The topological polar surface area (TPSA) is 55.2 Å². The minimum Gasteiger partial charge on any atom is -0.379 e. The van der Waals surface area contributed by atoms with E-state index < -0.39 is 0 Å². The maximum atomic E-state index is 11.1. The van der Waals surface area contributed by atoms with Gasteiger partial charge in [0, 0.05) is 12.6 Å². The summed E-state index contributed by atoms with van der Waals surface area (Å²) < 4.78 is 0. The van der Waals surface area contributed by atoms with Gasteiger partial charge in [-0.2, -0.15) is 0 Å². The first-order valence-electron chi connectivity index (χ1n) is 7.12. The molecular formula is C16H22N2O2. The minimum absolute atomic E-state index is 0.168. The summed E-state index contributed by atoms with van der Waals surface area (Å²) in [6.07, 6.45) is 4.55. The van der Waals surface area contributed by atoms with Gasteiger partial charge in [-0.05, 0) is 50.2 Å². The normalized spacial score (nSPS) is 22.2. The van der Waals surface area contributed by atoms with Crippen molar-refractivity contribution in [2.45, 2.75) is 33.6 Å². The molecule has 0 radical (unpaired) electrons. The molecule has 0 heterocycles. The molecule has 1 aliphatic rings. The maximum Gasteiger partial charge on any atom is 0.292 e. The van der Waals surface area contributed by atoms with Crippen LogP contribution in [-0.4, -0.2) is 11.5 Å². The van der Waals surface area contributed by atoms with Crippen LogP contribution in [0.5, 0.6) is 0 Å². The summed E-state index contributed by atoms with van der Waals surface area (Å²) in [5.74, 6) is 1.15. The molecule has 1 aliphatic carbocycles. The number of aryl methyl sites for hydroxylation is 1. The van der Waals surface area contributed by atoms with Gasteiger partial charge in [-0.15, -0.1) is 0 Å². The molecule has 1 aromatic rings. The lowest BCUT2D eigenvalue weighted by molar-refractivity contribution is -0.384. The lowest BCUT2D eigenvalue weighted by Crippen LogP contribution is -2.20. The number of rotatable bonds is 4. The van der Waals surface area contributed by atoms with E-state index in [1.54, 1.807) is 6.07 Å². The van der Waals surface area contributed by atoms with Crippen LogP contribution in [0.3, 0.4) is 0 Å². The number of hydrogen-bond donors (Lipinski definition) is 1. The zero-order chi connectivity index (χ0) is 14.7. The molecular weight excluding hydrogens is 252 g/mol. The highest BCUT2D eigenvalue weighted by molar-refractivity contribution is 5.62. The standard InChI is InChI=1S/C16H22N2O2/c1-11-4-5-15(16(9-11)18(19)20)17-10-14-7-12(2)6-13(3)8-14/h4-6,9,12,14,17H,7-8,10H2,1-3H3. The van der Waals surface area contributed by atoms with E-state index in [1.165, 1.54) is 5.57 Å². The van der Waals surface area contributed by atoms with Crippen molar-refractivity contribution in [3.63, 3.8) is 0 Å². The van der Waals surface area contributed by atoms with Crippen molar-refractivity contribution in [1.29, 1.82) is 0 Å². The van der Waals surface area contributed by atoms with Crippen LogP contribution in [0.2, 0.25) is 0 Å². The number of hydrogen-bond acceptors (Lipinski definition) is 3. The van der Waals surface area contributed by atoms with Crippen molar-refractivity contribution in [2.24, 2.45) is 11.8 Å². The molecule has 108 valence electrons. The van der Waals surface area contributed by atoms with Crippen LogP contribution in [0, 0.1) is 28.9 Å². The van der Waals surface area contributed by atoms with Gasteiger partial charge in [0.05, 0.1) is 4.92 Å². The number of benzene rings is 1. The summed E-state index contributed by atoms with van der Waals surface area (Å²) in [6.45, 7) is 7.05. The zero-order valence-corrected chi connectivity index (χ0v) is 12.3. The first kappa shape index (κ1) is 14.6. The minimum atomic E-state index is -0.315. The average molecular weight is 274 g/mol. The SMILES string of the molecule is CC1=CC(C)CC(CNc2ccc(C)cc2[N+](=O)[O-])C1. The molecule has 2 rings (SSSR count). The third-order valence-corrected chi connectivity index (χ3v) is 3.82. The molecule has 0 saturated carbocycles. The molecule has 4 heteroatoms. The fraction of sp³-hybridized carbons (Fsp3) is 0.500. The summed E-state index contributed by atoms with van der Waals surface area (Å²) in [5.41, 5.74) is 3.13. The summed E-state index contributed by atoms with van der Waals surface area (Å²) >= 11 is 0. The Morgan fingerprint density at radius 2 is 2.15 bits per heavy atom. The maximum absolute atomic E-state index is 11.1. The molecule has 4 nitrogen and oxygen atoms in total. The smallest absolute Gasteiger partial charge is 0.292 e. The van der Waals surface area contributed by atoms with Crippen LogP contribution in [0.25, 0.3) is 0 Å². The lowest BCUT2D eigenvalue weighted by Gasteiger charge is -2.25. The highest BCUT2D eigenvalue weighted by atomic mass is 16.6. The van der Waals surface area contributed by atoms with Crippen LogP contribution in [0.4, 0.5) is 11.4 Å². The third-order valence-electron chi connectivity index (χ3n) is 3.82. The van der Waals surface area contributed by atoms with Gasteiger partial charge in [-0.25, -0.2) is 0 Å². The molecule has 1 aromatic carbocycles. The third kappa shape index (κ3) is 3.59. The van der Waals surface area contributed by atoms with Crippen molar-refractivity contribution in [2.75, 3.05) is 11.9 Å². The quantitative estimate of drug-likeness (QED) is 0.505. The van der Waals surface area contributed by atoms with Gasteiger partial charge >= 0.3 is 0 Å². The summed E-state index contributed by atoms with van der Waals surface area (Å²) in [5, 5.41) is 14.3. The highest BCUT2D eigenvalue weighted by Gasteiger charge is 2.19. The average Bonchev–Trinajstić information content (AvgIpc) is 2.36. The van der Waals surface area contributed by atoms with E-state index in [2.05, 4.69) is 25.2 Å². The number of nitrogens with one attached hydrogen (secondary N) is 1. The first-order chi connectivity index (χ1) is 9.45.